The Morgan fingerprint density at radius 2 is 1.95 bits per heavy atom. The molecular weight excluding hydrogens is 236 g/mol. The topological polar surface area (TPSA) is 24.5 Å². The summed E-state index contributed by atoms with van der Waals surface area (Å²) in [6.07, 6.45) is 4.27. The summed E-state index contributed by atoms with van der Waals surface area (Å²) in [6, 6.07) is 9.59. The van der Waals surface area contributed by atoms with Crippen LogP contribution in [0.1, 0.15) is 33.1 Å². The molecule has 0 saturated carbocycles. The second-order valence-corrected chi connectivity index (χ2v) is 5.94. The number of benzene rings is 1. The summed E-state index contributed by atoms with van der Waals surface area (Å²) in [5.74, 6) is 0.996. The fourth-order valence-electron chi connectivity index (χ4n) is 3.33. The monoisotopic (exact) mass is 260 g/mol. The Morgan fingerprint density at radius 1 is 1.21 bits per heavy atom. The number of nitrogens with zero attached hydrogens (tertiary/aromatic N) is 1. The fourth-order valence-corrected chi connectivity index (χ4v) is 3.33. The first-order valence-corrected chi connectivity index (χ1v) is 7.49. The first kappa shape index (κ1) is 12.8. The van der Waals surface area contributed by atoms with Crippen LogP contribution < -0.4 is 10.1 Å². The van der Waals surface area contributed by atoms with Gasteiger partial charge in [-0.3, -0.25) is 4.90 Å². The fraction of sp³-hybridized carbons (Fsp3) is 0.625. The Kier molecular flexibility index (Phi) is 3.65. The minimum atomic E-state index is 0.262. The number of rotatable bonds is 2. The standard InChI is InChI=1S/C16H24N2O/c1-12-6-5-7-13(2)18(12)11-14-10-17-15-8-3-4-9-16(15)19-14/h3-4,8-9,12-14,17H,5-7,10-11H2,1-2H3. The van der Waals surface area contributed by atoms with Crippen LogP contribution in [0.25, 0.3) is 0 Å². The van der Waals surface area contributed by atoms with Crippen molar-refractivity contribution in [3.63, 3.8) is 0 Å². The molecule has 0 aromatic heterocycles. The molecule has 3 rings (SSSR count). The first-order chi connectivity index (χ1) is 9.24. The Hall–Kier alpha value is -1.22. The number of fused-ring (bicyclic) bond motifs is 1. The number of nitrogens with one attached hydrogen (secondary N) is 1. The van der Waals surface area contributed by atoms with E-state index in [9.17, 15) is 0 Å². The molecule has 1 aromatic rings. The number of piperidine rings is 1. The number of ether oxygens (including phenoxy) is 1. The summed E-state index contributed by atoms with van der Waals surface area (Å²) in [5, 5.41) is 3.48. The summed E-state index contributed by atoms with van der Waals surface area (Å²) >= 11 is 0. The molecule has 3 atom stereocenters. The second kappa shape index (κ2) is 5.41. The quantitative estimate of drug-likeness (QED) is 0.884. The lowest BCUT2D eigenvalue weighted by Gasteiger charge is -2.41. The van der Waals surface area contributed by atoms with Gasteiger partial charge >= 0.3 is 0 Å². The van der Waals surface area contributed by atoms with Crippen LogP contribution in [0.15, 0.2) is 24.3 Å². The predicted molar refractivity (Wildman–Crippen MR) is 78.8 cm³/mol. The van der Waals surface area contributed by atoms with Gasteiger partial charge in [-0.2, -0.15) is 0 Å². The predicted octanol–water partition coefficient (Wildman–Crippen LogP) is 3.12. The van der Waals surface area contributed by atoms with Gasteiger partial charge in [-0.15, -0.1) is 0 Å². The lowest BCUT2D eigenvalue weighted by atomic mass is 9.97. The molecule has 19 heavy (non-hydrogen) atoms. The van der Waals surface area contributed by atoms with Crippen LogP contribution in [0, 0.1) is 0 Å². The molecule has 3 heteroatoms. The first-order valence-electron chi connectivity index (χ1n) is 7.49. The van der Waals surface area contributed by atoms with Crippen molar-refractivity contribution in [1.82, 2.24) is 4.90 Å². The van der Waals surface area contributed by atoms with E-state index in [4.69, 9.17) is 4.74 Å². The van der Waals surface area contributed by atoms with Crippen molar-refractivity contribution in [1.29, 1.82) is 0 Å². The van der Waals surface area contributed by atoms with Gasteiger partial charge < -0.3 is 10.1 Å². The van der Waals surface area contributed by atoms with Crippen LogP contribution in [-0.2, 0) is 0 Å². The van der Waals surface area contributed by atoms with Crippen molar-refractivity contribution in [3.8, 4) is 5.75 Å². The number of hydrogen-bond donors (Lipinski definition) is 1. The highest BCUT2D eigenvalue weighted by Gasteiger charge is 2.29. The SMILES string of the molecule is CC1CCCC(C)N1CC1CNc2ccccc2O1. The molecule has 2 aliphatic rings. The zero-order valence-corrected chi connectivity index (χ0v) is 11.9. The number of likely N-dealkylation sites (tertiary alicyclic amines) is 1. The molecule has 1 N–H and O–H groups in total. The molecule has 1 aromatic carbocycles. The molecule has 0 amide bonds. The van der Waals surface area contributed by atoms with E-state index in [0.717, 1.165) is 24.5 Å². The van der Waals surface area contributed by atoms with E-state index in [2.05, 4.69) is 36.2 Å². The van der Waals surface area contributed by atoms with Crippen LogP contribution in [0.2, 0.25) is 0 Å². The van der Waals surface area contributed by atoms with E-state index >= 15 is 0 Å². The average molecular weight is 260 g/mol. The van der Waals surface area contributed by atoms with Gasteiger partial charge in [0.05, 0.1) is 12.2 Å². The molecule has 0 spiro atoms. The van der Waals surface area contributed by atoms with Crippen molar-refractivity contribution < 1.29 is 4.74 Å². The van der Waals surface area contributed by atoms with Crippen molar-refractivity contribution in [2.75, 3.05) is 18.4 Å². The average Bonchev–Trinajstić information content (AvgIpc) is 2.43. The Balaban J connectivity index is 1.65. The molecule has 3 nitrogen and oxygen atoms in total. The van der Waals surface area contributed by atoms with Gasteiger partial charge in [0.25, 0.3) is 0 Å². The lowest BCUT2D eigenvalue weighted by molar-refractivity contribution is 0.0540. The van der Waals surface area contributed by atoms with Crippen molar-refractivity contribution in [2.45, 2.75) is 51.3 Å². The number of hydrogen-bond acceptors (Lipinski definition) is 3. The van der Waals surface area contributed by atoms with E-state index in [1.807, 2.05) is 12.1 Å². The highest BCUT2D eigenvalue weighted by atomic mass is 16.5. The lowest BCUT2D eigenvalue weighted by Crippen LogP contribution is -2.50. The highest BCUT2D eigenvalue weighted by Crippen LogP contribution is 2.30. The minimum Gasteiger partial charge on any atom is -0.485 e. The van der Waals surface area contributed by atoms with Gasteiger partial charge in [0.15, 0.2) is 0 Å². The third kappa shape index (κ3) is 2.71. The third-order valence-corrected chi connectivity index (χ3v) is 4.49. The Morgan fingerprint density at radius 3 is 2.74 bits per heavy atom. The summed E-state index contributed by atoms with van der Waals surface area (Å²) < 4.78 is 6.13. The van der Waals surface area contributed by atoms with E-state index in [0.29, 0.717) is 12.1 Å². The van der Waals surface area contributed by atoms with E-state index in [1.54, 1.807) is 0 Å². The van der Waals surface area contributed by atoms with Crippen molar-refractivity contribution >= 4 is 5.69 Å². The van der Waals surface area contributed by atoms with Crippen LogP contribution in [0.3, 0.4) is 0 Å². The minimum absolute atomic E-state index is 0.262. The maximum atomic E-state index is 6.13. The van der Waals surface area contributed by atoms with E-state index in [1.165, 1.54) is 19.3 Å². The van der Waals surface area contributed by atoms with Crippen molar-refractivity contribution in [2.24, 2.45) is 0 Å². The Labute approximate surface area is 115 Å². The number of anilines is 1. The van der Waals surface area contributed by atoms with Crippen LogP contribution in [-0.4, -0.2) is 36.2 Å². The molecule has 0 radical (unpaired) electrons. The Bertz CT molecular complexity index is 425. The summed E-state index contributed by atoms with van der Waals surface area (Å²) in [4.78, 5) is 2.61. The van der Waals surface area contributed by atoms with Crippen LogP contribution >= 0.6 is 0 Å². The second-order valence-electron chi connectivity index (χ2n) is 5.94. The highest BCUT2D eigenvalue weighted by molar-refractivity contribution is 5.57. The molecule has 104 valence electrons. The van der Waals surface area contributed by atoms with Crippen LogP contribution in [0.5, 0.6) is 5.75 Å². The normalized spacial score (nSPS) is 31.2. The molecule has 0 bridgehead atoms. The van der Waals surface area contributed by atoms with Crippen LogP contribution in [0.4, 0.5) is 5.69 Å². The van der Waals surface area contributed by atoms with E-state index in [-0.39, 0.29) is 6.10 Å². The van der Waals surface area contributed by atoms with E-state index < -0.39 is 0 Å². The zero-order chi connectivity index (χ0) is 13.2. The smallest absolute Gasteiger partial charge is 0.142 e. The molecule has 3 unspecified atom stereocenters. The van der Waals surface area contributed by atoms with Gasteiger partial charge in [-0.05, 0) is 38.8 Å². The molecule has 2 heterocycles. The molecule has 1 fully saturated rings. The molecule has 1 saturated heterocycles. The largest absolute Gasteiger partial charge is 0.485 e. The summed E-state index contributed by atoms with van der Waals surface area (Å²) in [7, 11) is 0. The molecular formula is C16H24N2O. The maximum Gasteiger partial charge on any atom is 0.142 e. The van der Waals surface area contributed by atoms with Gasteiger partial charge in [-0.1, -0.05) is 18.6 Å². The van der Waals surface area contributed by atoms with Crippen molar-refractivity contribution in [3.05, 3.63) is 24.3 Å². The molecule has 2 aliphatic heterocycles. The zero-order valence-electron chi connectivity index (χ0n) is 11.9. The van der Waals surface area contributed by atoms with Gasteiger partial charge in [0.2, 0.25) is 0 Å². The molecule has 0 aliphatic carbocycles. The third-order valence-electron chi connectivity index (χ3n) is 4.49. The summed E-state index contributed by atoms with van der Waals surface area (Å²) in [5.41, 5.74) is 1.12. The van der Waals surface area contributed by atoms with Gasteiger partial charge in [0, 0.05) is 18.6 Å². The summed E-state index contributed by atoms with van der Waals surface area (Å²) in [6.45, 7) is 6.64. The van der Waals surface area contributed by atoms with Gasteiger partial charge in [-0.25, -0.2) is 0 Å². The van der Waals surface area contributed by atoms with Gasteiger partial charge in [0.1, 0.15) is 11.9 Å². The number of para-hydroxylation sites is 2. The maximum absolute atomic E-state index is 6.13.